The maximum absolute atomic E-state index is 9.18. The molecular formula is C13H27NOS. The lowest BCUT2D eigenvalue weighted by atomic mass is 9.90. The van der Waals surface area contributed by atoms with Gasteiger partial charge in [0, 0.05) is 19.1 Å². The summed E-state index contributed by atoms with van der Waals surface area (Å²) in [5.41, 5.74) is 0.246. The highest BCUT2D eigenvalue weighted by Crippen LogP contribution is 2.26. The Morgan fingerprint density at radius 3 is 2.38 bits per heavy atom. The zero-order chi connectivity index (χ0) is 12.0. The summed E-state index contributed by atoms with van der Waals surface area (Å²) in [4.78, 5) is 2.48. The minimum atomic E-state index is 0.246. The summed E-state index contributed by atoms with van der Waals surface area (Å²) in [7, 11) is 0. The molecule has 0 aromatic carbocycles. The van der Waals surface area contributed by atoms with Gasteiger partial charge in [0.25, 0.3) is 0 Å². The van der Waals surface area contributed by atoms with Crippen molar-refractivity contribution in [3.05, 3.63) is 0 Å². The van der Waals surface area contributed by atoms with Crippen molar-refractivity contribution < 1.29 is 5.11 Å². The van der Waals surface area contributed by atoms with Crippen molar-refractivity contribution >= 4 is 12.6 Å². The third kappa shape index (κ3) is 4.64. The summed E-state index contributed by atoms with van der Waals surface area (Å²) < 4.78 is 0. The lowest BCUT2D eigenvalue weighted by Gasteiger charge is -2.38. The zero-order valence-electron chi connectivity index (χ0n) is 10.8. The van der Waals surface area contributed by atoms with E-state index < -0.39 is 0 Å². The van der Waals surface area contributed by atoms with E-state index in [0.717, 1.165) is 18.8 Å². The lowest BCUT2D eigenvalue weighted by Crippen LogP contribution is -2.44. The molecule has 1 N–H and O–H groups in total. The van der Waals surface area contributed by atoms with Crippen LogP contribution in [0.1, 0.15) is 46.0 Å². The van der Waals surface area contributed by atoms with Crippen LogP contribution in [0.3, 0.4) is 0 Å². The molecule has 0 saturated heterocycles. The van der Waals surface area contributed by atoms with Gasteiger partial charge >= 0.3 is 0 Å². The summed E-state index contributed by atoms with van der Waals surface area (Å²) in [6, 6.07) is 0.694. The molecular weight excluding hydrogens is 218 g/mol. The Balaban J connectivity index is 2.51. The first-order valence-electron chi connectivity index (χ1n) is 6.55. The predicted molar refractivity (Wildman–Crippen MR) is 73.2 cm³/mol. The van der Waals surface area contributed by atoms with Gasteiger partial charge in [0.1, 0.15) is 0 Å². The van der Waals surface area contributed by atoms with Crippen LogP contribution in [0.25, 0.3) is 0 Å². The molecule has 0 radical (unpaired) electrons. The van der Waals surface area contributed by atoms with Crippen molar-refractivity contribution in [2.75, 3.05) is 25.4 Å². The maximum Gasteiger partial charge on any atom is 0.0558 e. The van der Waals surface area contributed by atoms with Gasteiger partial charge in [-0.05, 0) is 24.0 Å². The van der Waals surface area contributed by atoms with Gasteiger partial charge in [-0.2, -0.15) is 12.6 Å². The first-order chi connectivity index (χ1) is 7.59. The molecule has 1 aliphatic carbocycles. The Labute approximate surface area is 106 Å². The summed E-state index contributed by atoms with van der Waals surface area (Å²) >= 11 is 4.42. The van der Waals surface area contributed by atoms with Gasteiger partial charge in [0.15, 0.2) is 0 Å². The van der Waals surface area contributed by atoms with Crippen molar-refractivity contribution in [3.63, 3.8) is 0 Å². The van der Waals surface area contributed by atoms with Gasteiger partial charge in [-0.15, -0.1) is 0 Å². The van der Waals surface area contributed by atoms with E-state index in [0.29, 0.717) is 6.04 Å². The number of thiol groups is 1. The minimum absolute atomic E-state index is 0.246. The highest BCUT2D eigenvalue weighted by molar-refractivity contribution is 7.80. The fraction of sp³-hybridized carbons (Fsp3) is 1.00. The number of aliphatic hydroxyl groups excluding tert-OH is 1. The third-order valence-electron chi connectivity index (χ3n) is 3.54. The molecule has 2 nitrogen and oxygen atoms in total. The van der Waals surface area contributed by atoms with Gasteiger partial charge in [-0.1, -0.05) is 33.1 Å². The fourth-order valence-electron chi connectivity index (χ4n) is 2.57. The molecule has 0 bridgehead atoms. The van der Waals surface area contributed by atoms with Crippen LogP contribution in [0.5, 0.6) is 0 Å². The van der Waals surface area contributed by atoms with E-state index in [1.807, 2.05) is 0 Å². The quantitative estimate of drug-likeness (QED) is 0.703. The summed E-state index contributed by atoms with van der Waals surface area (Å²) in [6.45, 7) is 6.67. The molecule has 1 rings (SSSR count). The van der Waals surface area contributed by atoms with E-state index >= 15 is 0 Å². The van der Waals surface area contributed by atoms with Crippen LogP contribution in [0, 0.1) is 5.41 Å². The second-order valence-electron chi connectivity index (χ2n) is 5.81. The zero-order valence-corrected chi connectivity index (χ0v) is 11.7. The van der Waals surface area contributed by atoms with E-state index in [4.69, 9.17) is 0 Å². The van der Waals surface area contributed by atoms with E-state index in [-0.39, 0.29) is 12.0 Å². The molecule has 0 aliphatic heterocycles. The molecule has 0 spiro atoms. The molecule has 16 heavy (non-hydrogen) atoms. The second-order valence-corrected chi connectivity index (χ2v) is 6.12. The second kappa shape index (κ2) is 6.87. The fourth-order valence-corrected chi connectivity index (χ4v) is 2.67. The molecule has 1 aliphatic rings. The SMILES string of the molecule is CC(C)(CS)CN(CCO)C1CCCCC1. The van der Waals surface area contributed by atoms with Gasteiger partial charge in [-0.3, -0.25) is 4.90 Å². The molecule has 1 fully saturated rings. The Morgan fingerprint density at radius 1 is 1.25 bits per heavy atom. The Hall–Kier alpha value is 0.270. The molecule has 0 aromatic heterocycles. The molecule has 0 unspecified atom stereocenters. The van der Waals surface area contributed by atoms with Crippen LogP contribution in [0.15, 0.2) is 0 Å². The van der Waals surface area contributed by atoms with Gasteiger partial charge in [0.05, 0.1) is 6.61 Å². The first kappa shape index (κ1) is 14.3. The van der Waals surface area contributed by atoms with E-state index in [2.05, 4.69) is 31.4 Å². The monoisotopic (exact) mass is 245 g/mol. The molecule has 0 atom stereocenters. The van der Waals surface area contributed by atoms with Crippen molar-refractivity contribution in [2.24, 2.45) is 5.41 Å². The van der Waals surface area contributed by atoms with Crippen LogP contribution in [-0.4, -0.2) is 41.5 Å². The number of hydrogen-bond acceptors (Lipinski definition) is 3. The molecule has 1 saturated carbocycles. The molecule has 0 aromatic rings. The third-order valence-corrected chi connectivity index (χ3v) is 4.39. The number of nitrogens with zero attached hydrogens (tertiary/aromatic N) is 1. The van der Waals surface area contributed by atoms with Crippen molar-refractivity contribution in [2.45, 2.75) is 52.0 Å². The van der Waals surface area contributed by atoms with Crippen molar-refractivity contribution in [1.82, 2.24) is 4.90 Å². The molecule has 0 heterocycles. The molecule has 96 valence electrons. The van der Waals surface area contributed by atoms with Crippen LogP contribution in [0.2, 0.25) is 0 Å². The number of rotatable bonds is 6. The lowest BCUT2D eigenvalue weighted by molar-refractivity contribution is 0.0904. The molecule has 3 heteroatoms. The summed E-state index contributed by atoms with van der Waals surface area (Å²) in [6.07, 6.45) is 6.71. The topological polar surface area (TPSA) is 23.5 Å². The Morgan fingerprint density at radius 2 is 1.88 bits per heavy atom. The van der Waals surface area contributed by atoms with Crippen molar-refractivity contribution in [3.8, 4) is 0 Å². The highest BCUT2D eigenvalue weighted by atomic mass is 32.1. The average molecular weight is 245 g/mol. The minimum Gasteiger partial charge on any atom is -0.395 e. The van der Waals surface area contributed by atoms with Gasteiger partial charge in [0.2, 0.25) is 0 Å². The highest BCUT2D eigenvalue weighted by Gasteiger charge is 2.26. The predicted octanol–water partition coefficient (Wildman–Crippen LogP) is 2.57. The summed E-state index contributed by atoms with van der Waals surface area (Å²) in [5, 5.41) is 9.18. The maximum atomic E-state index is 9.18. The van der Waals surface area contributed by atoms with E-state index in [1.54, 1.807) is 0 Å². The normalized spacial score (nSPS) is 19.3. The van der Waals surface area contributed by atoms with Crippen LogP contribution >= 0.6 is 12.6 Å². The summed E-state index contributed by atoms with van der Waals surface area (Å²) in [5.74, 6) is 0.904. The van der Waals surface area contributed by atoms with Gasteiger partial charge < -0.3 is 5.11 Å². The number of aliphatic hydroxyl groups is 1. The van der Waals surface area contributed by atoms with Crippen LogP contribution < -0.4 is 0 Å². The first-order valence-corrected chi connectivity index (χ1v) is 7.18. The largest absolute Gasteiger partial charge is 0.395 e. The standard InChI is InChI=1S/C13H27NOS/c1-13(2,11-16)10-14(8-9-15)12-6-4-3-5-7-12/h12,15-16H,3-11H2,1-2H3. The molecule has 0 amide bonds. The van der Waals surface area contributed by atoms with Crippen molar-refractivity contribution in [1.29, 1.82) is 0 Å². The Kier molecular flexibility index (Phi) is 6.16. The average Bonchev–Trinajstić information content (AvgIpc) is 2.29. The smallest absolute Gasteiger partial charge is 0.0558 e. The number of hydrogen-bond donors (Lipinski definition) is 2. The van der Waals surface area contributed by atoms with E-state index in [1.165, 1.54) is 32.1 Å². The van der Waals surface area contributed by atoms with E-state index in [9.17, 15) is 5.11 Å². The van der Waals surface area contributed by atoms with Crippen LogP contribution in [0.4, 0.5) is 0 Å². The Bertz CT molecular complexity index is 190. The van der Waals surface area contributed by atoms with Crippen LogP contribution in [-0.2, 0) is 0 Å². The van der Waals surface area contributed by atoms with Gasteiger partial charge in [-0.25, -0.2) is 0 Å².